The van der Waals surface area contributed by atoms with Gasteiger partial charge in [-0.2, -0.15) is 0 Å². The number of aromatic nitrogens is 3. The number of hydrogen-bond donors (Lipinski definition) is 1. The molecule has 5 heteroatoms. The smallest absolute Gasteiger partial charge is 0.133 e. The zero-order valence-electron chi connectivity index (χ0n) is 12.8. The van der Waals surface area contributed by atoms with Crippen LogP contribution in [-0.4, -0.2) is 29.4 Å². The number of aryl methyl sites for hydroxylation is 1. The molecule has 1 heterocycles. The number of hydrogen-bond acceptors (Lipinski definition) is 3. The second kappa shape index (κ2) is 6.32. The van der Waals surface area contributed by atoms with Crippen LogP contribution in [0.5, 0.6) is 0 Å². The van der Waals surface area contributed by atoms with E-state index in [1.807, 2.05) is 11.6 Å². The lowest BCUT2D eigenvalue weighted by atomic mass is 10.2. The molecule has 0 amide bonds. The SMILES string of the molecule is Cn1cnnc1CCNCc1ccc([Si](C)(C)C)cc1. The maximum Gasteiger partial charge on any atom is 0.133 e. The van der Waals surface area contributed by atoms with E-state index in [4.69, 9.17) is 0 Å². The average molecular weight is 288 g/mol. The second-order valence-corrected chi connectivity index (χ2v) is 11.3. The molecule has 0 unspecified atom stereocenters. The fourth-order valence-corrected chi connectivity index (χ4v) is 3.26. The second-order valence-electron chi connectivity index (χ2n) is 6.23. The monoisotopic (exact) mass is 288 g/mol. The summed E-state index contributed by atoms with van der Waals surface area (Å²) in [6, 6.07) is 9.05. The normalized spacial score (nSPS) is 11.8. The van der Waals surface area contributed by atoms with E-state index in [2.05, 4.69) is 59.4 Å². The molecule has 2 rings (SSSR count). The van der Waals surface area contributed by atoms with Crippen LogP contribution in [0.25, 0.3) is 0 Å². The predicted octanol–water partition coefficient (Wildman–Crippen LogP) is 1.69. The van der Waals surface area contributed by atoms with Crippen molar-refractivity contribution in [2.75, 3.05) is 6.54 Å². The first-order valence-electron chi connectivity index (χ1n) is 7.10. The van der Waals surface area contributed by atoms with Crippen molar-refractivity contribution in [2.45, 2.75) is 32.6 Å². The molecule has 1 aromatic carbocycles. The highest BCUT2D eigenvalue weighted by molar-refractivity contribution is 6.88. The standard InChI is InChI=1S/C15H24N4Si/c1-19-12-17-18-15(19)9-10-16-11-13-5-7-14(8-6-13)20(2,3)4/h5-8,12,16H,9-11H2,1-4H3. The van der Waals surface area contributed by atoms with E-state index >= 15 is 0 Å². The molecular weight excluding hydrogens is 264 g/mol. The van der Waals surface area contributed by atoms with Crippen molar-refractivity contribution in [1.29, 1.82) is 0 Å². The first kappa shape index (κ1) is 14.9. The Morgan fingerprint density at radius 2 is 1.85 bits per heavy atom. The van der Waals surface area contributed by atoms with Crippen LogP contribution in [-0.2, 0) is 20.0 Å². The van der Waals surface area contributed by atoms with Gasteiger partial charge in [0, 0.05) is 26.6 Å². The number of rotatable bonds is 6. The molecule has 2 aromatic rings. The van der Waals surface area contributed by atoms with Crippen LogP contribution < -0.4 is 10.5 Å². The highest BCUT2D eigenvalue weighted by Crippen LogP contribution is 2.04. The lowest BCUT2D eigenvalue weighted by molar-refractivity contribution is 0.654. The van der Waals surface area contributed by atoms with Crippen LogP contribution in [0.1, 0.15) is 11.4 Å². The van der Waals surface area contributed by atoms with Gasteiger partial charge in [-0.05, 0) is 5.56 Å². The van der Waals surface area contributed by atoms with Gasteiger partial charge in [0.2, 0.25) is 0 Å². The molecule has 0 bridgehead atoms. The Hall–Kier alpha value is -1.46. The van der Waals surface area contributed by atoms with Gasteiger partial charge in [-0.25, -0.2) is 0 Å². The molecule has 0 radical (unpaired) electrons. The predicted molar refractivity (Wildman–Crippen MR) is 85.8 cm³/mol. The first-order valence-corrected chi connectivity index (χ1v) is 10.6. The molecule has 20 heavy (non-hydrogen) atoms. The van der Waals surface area contributed by atoms with E-state index in [9.17, 15) is 0 Å². The fraction of sp³-hybridized carbons (Fsp3) is 0.467. The minimum Gasteiger partial charge on any atom is -0.321 e. The summed E-state index contributed by atoms with van der Waals surface area (Å²) in [5.41, 5.74) is 1.34. The summed E-state index contributed by atoms with van der Waals surface area (Å²) in [6.45, 7) is 8.95. The summed E-state index contributed by atoms with van der Waals surface area (Å²) in [5.74, 6) is 1.02. The number of nitrogens with zero attached hydrogens (tertiary/aromatic N) is 3. The van der Waals surface area contributed by atoms with E-state index in [1.165, 1.54) is 10.8 Å². The van der Waals surface area contributed by atoms with Crippen LogP contribution in [0.3, 0.4) is 0 Å². The van der Waals surface area contributed by atoms with Gasteiger partial charge in [0.25, 0.3) is 0 Å². The van der Waals surface area contributed by atoms with Crippen LogP contribution in [0, 0.1) is 0 Å². The van der Waals surface area contributed by atoms with Crippen molar-refractivity contribution >= 4 is 13.3 Å². The van der Waals surface area contributed by atoms with Gasteiger partial charge in [0.15, 0.2) is 0 Å². The summed E-state index contributed by atoms with van der Waals surface area (Å²) in [4.78, 5) is 0. The third-order valence-electron chi connectivity index (χ3n) is 3.48. The number of benzene rings is 1. The van der Waals surface area contributed by atoms with E-state index in [-0.39, 0.29) is 0 Å². The van der Waals surface area contributed by atoms with Crippen molar-refractivity contribution in [3.8, 4) is 0 Å². The Morgan fingerprint density at radius 3 is 2.40 bits per heavy atom. The first-order chi connectivity index (χ1) is 9.47. The summed E-state index contributed by atoms with van der Waals surface area (Å²) in [7, 11) is 0.801. The lowest BCUT2D eigenvalue weighted by Gasteiger charge is -2.16. The molecule has 0 spiro atoms. The number of nitrogens with one attached hydrogen (secondary N) is 1. The minimum absolute atomic E-state index is 0.906. The van der Waals surface area contributed by atoms with E-state index in [0.29, 0.717) is 0 Å². The summed E-state index contributed by atoms with van der Waals surface area (Å²) < 4.78 is 1.96. The topological polar surface area (TPSA) is 42.7 Å². The maximum atomic E-state index is 4.08. The largest absolute Gasteiger partial charge is 0.321 e. The molecule has 1 aromatic heterocycles. The van der Waals surface area contributed by atoms with E-state index in [0.717, 1.165) is 25.3 Å². The average Bonchev–Trinajstić information content (AvgIpc) is 2.80. The maximum absolute atomic E-state index is 4.08. The van der Waals surface area contributed by atoms with Crippen molar-refractivity contribution in [3.63, 3.8) is 0 Å². The highest BCUT2D eigenvalue weighted by atomic mass is 28.3. The Kier molecular flexibility index (Phi) is 4.72. The molecule has 0 aliphatic heterocycles. The summed E-state index contributed by atoms with van der Waals surface area (Å²) in [6.07, 6.45) is 2.65. The van der Waals surface area contributed by atoms with Crippen LogP contribution in [0.2, 0.25) is 19.6 Å². The molecule has 0 saturated carbocycles. The van der Waals surface area contributed by atoms with Crippen molar-refractivity contribution < 1.29 is 0 Å². The van der Waals surface area contributed by atoms with Gasteiger partial charge in [0.1, 0.15) is 12.2 Å². The van der Waals surface area contributed by atoms with Crippen molar-refractivity contribution in [1.82, 2.24) is 20.1 Å². The van der Waals surface area contributed by atoms with Gasteiger partial charge in [0.05, 0.1) is 8.07 Å². The van der Waals surface area contributed by atoms with Gasteiger partial charge >= 0.3 is 0 Å². The molecule has 1 N–H and O–H groups in total. The van der Waals surface area contributed by atoms with Gasteiger partial charge in [-0.1, -0.05) is 49.1 Å². The third kappa shape index (κ3) is 4.01. The Bertz CT molecular complexity index is 540. The third-order valence-corrected chi connectivity index (χ3v) is 5.55. The van der Waals surface area contributed by atoms with Crippen molar-refractivity contribution in [3.05, 3.63) is 42.0 Å². The van der Waals surface area contributed by atoms with Crippen LogP contribution in [0.15, 0.2) is 30.6 Å². The molecule has 0 atom stereocenters. The molecule has 0 aliphatic carbocycles. The highest BCUT2D eigenvalue weighted by Gasteiger charge is 2.15. The quantitative estimate of drug-likeness (QED) is 0.650. The molecule has 0 saturated heterocycles. The fourth-order valence-electron chi connectivity index (χ4n) is 2.09. The van der Waals surface area contributed by atoms with Gasteiger partial charge in [-0.15, -0.1) is 10.2 Å². The zero-order valence-corrected chi connectivity index (χ0v) is 13.8. The van der Waals surface area contributed by atoms with E-state index in [1.54, 1.807) is 6.33 Å². The molecule has 0 aliphatic rings. The molecule has 0 fully saturated rings. The summed E-state index contributed by atoms with van der Waals surface area (Å²) in [5, 5.41) is 12.9. The van der Waals surface area contributed by atoms with E-state index < -0.39 is 8.07 Å². The molecular formula is C15H24N4Si. The molecule has 4 nitrogen and oxygen atoms in total. The van der Waals surface area contributed by atoms with Gasteiger partial charge < -0.3 is 9.88 Å². The lowest BCUT2D eigenvalue weighted by Crippen LogP contribution is -2.37. The zero-order chi connectivity index (χ0) is 14.6. The minimum atomic E-state index is -1.18. The Labute approximate surface area is 122 Å². The molecule has 108 valence electrons. The summed E-state index contributed by atoms with van der Waals surface area (Å²) >= 11 is 0. The Morgan fingerprint density at radius 1 is 1.15 bits per heavy atom. The van der Waals surface area contributed by atoms with Crippen LogP contribution >= 0.6 is 0 Å². The Balaban J connectivity index is 1.78. The van der Waals surface area contributed by atoms with Gasteiger partial charge in [-0.3, -0.25) is 0 Å². The van der Waals surface area contributed by atoms with Crippen LogP contribution in [0.4, 0.5) is 0 Å². The van der Waals surface area contributed by atoms with Crippen molar-refractivity contribution in [2.24, 2.45) is 7.05 Å².